The summed E-state index contributed by atoms with van der Waals surface area (Å²) in [5, 5.41) is 4.19. The fraction of sp³-hybridized carbons (Fsp3) is 0.600. The Morgan fingerprint density at radius 3 is 3.07 bits per heavy atom. The van der Waals surface area contributed by atoms with Gasteiger partial charge in [-0.05, 0) is 6.42 Å². The fourth-order valence-corrected chi connectivity index (χ4v) is 1.83. The Morgan fingerprint density at radius 1 is 1.67 bits per heavy atom. The Morgan fingerprint density at radius 2 is 2.47 bits per heavy atom. The number of anilines is 1. The molecule has 1 saturated heterocycles. The molecule has 15 heavy (non-hydrogen) atoms. The van der Waals surface area contributed by atoms with Crippen molar-refractivity contribution in [1.82, 2.24) is 9.78 Å². The highest BCUT2D eigenvalue weighted by Crippen LogP contribution is 2.19. The lowest BCUT2D eigenvalue weighted by Gasteiger charge is -2.12. The number of carbonyl (C=O) groups is 1. The van der Waals surface area contributed by atoms with E-state index in [1.807, 2.05) is 10.9 Å². The molecule has 1 aromatic rings. The number of aromatic nitrogens is 2. The highest BCUT2D eigenvalue weighted by atomic mass is 16.2. The van der Waals surface area contributed by atoms with Crippen LogP contribution in [0.15, 0.2) is 12.4 Å². The van der Waals surface area contributed by atoms with Gasteiger partial charge in [-0.15, -0.1) is 0 Å². The van der Waals surface area contributed by atoms with E-state index < -0.39 is 0 Å². The van der Waals surface area contributed by atoms with Gasteiger partial charge < -0.3 is 10.6 Å². The zero-order valence-electron chi connectivity index (χ0n) is 8.89. The standard InChI is InChI=1S/C10H16N4O/c1-2-3-13-7-9(5-12-13)14-6-8(11)4-10(14)15/h5,7-8H,2-4,6,11H2,1H3. The first kappa shape index (κ1) is 10.2. The van der Waals surface area contributed by atoms with E-state index in [-0.39, 0.29) is 11.9 Å². The van der Waals surface area contributed by atoms with Crippen LogP contribution in [0.2, 0.25) is 0 Å². The second-order valence-corrected chi connectivity index (χ2v) is 3.93. The van der Waals surface area contributed by atoms with Crippen LogP contribution < -0.4 is 10.6 Å². The summed E-state index contributed by atoms with van der Waals surface area (Å²) in [6.45, 7) is 3.59. The van der Waals surface area contributed by atoms with Gasteiger partial charge in [0.2, 0.25) is 5.91 Å². The molecule has 5 heteroatoms. The maximum absolute atomic E-state index is 11.6. The number of hydrogen-bond donors (Lipinski definition) is 1. The maximum atomic E-state index is 11.6. The van der Waals surface area contributed by atoms with Gasteiger partial charge in [-0.25, -0.2) is 0 Å². The average molecular weight is 208 g/mol. The van der Waals surface area contributed by atoms with Crippen molar-refractivity contribution in [1.29, 1.82) is 0 Å². The van der Waals surface area contributed by atoms with Gasteiger partial charge in [-0.2, -0.15) is 5.10 Å². The summed E-state index contributed by atoms with van der Waals surface area (Å²) < 4.78 is 1.85. The molecule has 2 N–H and O–H groups in total. The molecule has 0 spiro atoms. The van der Waals surface area contributed by atoms with Crippen LogP contribution in [-0.2, 0) is 11.3 Å². The molecule has 0 saturated carbocycles. The highest BCUT2D eigenvalue weighted by molar-refractivity contribution is 5.95. The summed E-state index contributed by atoms with van der Waals surface area (Å²) in [4.78, 5) is 13.3. The van der Waals surface area contributed by atoms with Crippen LogP contribution in [0.4, 0.5) is 5.69 Å². The molecule has 1 aromatic heterocycles. The van der Waals surface area contributed by atoms with Crippen molar-refractivity contribution in [2.45, 2.75) is 32.4 Å². The van der Waals surface area contributed by atoms with Crippen molar-refractivity contribution in [3.63, 3.8) is 0 Å². The molecule has 1 fully saturated rings. The molecule has 0 aromatic carbocycles. The molecular weight excluding hydrogens is 192 g/mol. The van der Waals surface area contributed by atoms with Crippen LogP contribution in [0.5, 0.6) is 0 Å². The van der Waals surface area contributed by atoms with E-state index in [1.54, 1.807) is 11.1 Å². The molecule has 0 aliphatic carbocycles. The molecule has 2 rings (SSSR count). The number of hydrogen-bond acceptors (Lipinski definition) is 3. The van der Waals surface area contributed by atoms with Crippen LogP contribution in [0, 0.1) is 0 Å². The molecule has 1 amide bonds. The molecule has 0 radical (unpaired) electrons. The third kappa shape index (κ3) is 2.02. The van der Waals surface area contributed by atoms with E-state index in [1.165, 1.54) is 0 Å². The van der Waals surface area contributed by atoms with Gasteiger partial charge in [0.05, 0.1) is 11.9 Å². The predicted octanol–water partition coefficient (Wildman–Crippen LogP) is 0.357. The monoisotopic (exact) mass is 208 g/mol. The Labute approximate surface area is 88.8 Å². The molecule has 2 heterocycles. The minimum Gasteiger partial charge on any atom is -0.326 e. The average Bonchev–Trinajstić information content (AvgIpc) is 2.73. The maximum Gasteiger partial charge on any atom is 0.228 e. The summed E-state index contributed by atoms with van der Waals surface area (Å²) in [7, 11) is 0. The number of aryl methyl sites for hydroxylation is 1. The van der Waals surface area contributed by atoms with Crippen LogP contribution in [0.25, 0.3) is 0 Å². The third-order valence-electron chi connectivity index (χ3n) is 2.54. The SMILES string of the molecule is CCCn1cc(N2CC(N)CC2=O)cn1. The topological polar surface area (TPSA) is 64.2 Å². The van der Waals surface area contributed by atoms with Crippen molar-refractivity contribution < 1.29 is 4.79 Å². The van der Waals surface area contributed by atoms with Crippen molar-refractivity contribution in [3.8, 4) is 0 Å². The number of amides is 1. The van der Waals surface area contributed by atoms with Crippen molar-refractivity contribution in [2.75, 3.05) is 11.4 Å². The lowest BCUT2D eigenvalue weighted by molar-refractivity contribution is -0.117. The number of rotatable bonds is 3. The molecule has 1 aliphatic heterocycles. The normalized spacial score (nSPS) is 21.3. The van der Waals surface area contributed by atoms with E-state index in [0.717, 1.165) is 18.7 Å². The first-order valence-corrected chi connectivity index (χ1v) is 5.29. The first-order valence-electron chi connectivity index (χ1n) is 5.29. The zero-order chi connectivity index (χ0) is 10.8. The summed E-state index contributed by atoms with van der Waals surface area (Å²) in [6, 6.07) is -0.0352. The first-order chi connectivity index (χ1) is 7.20. The number of carbonyl (C=O) groups excluding carboxylic acids is 1. The van der Waals surface area contributed by atoms with E-state index in [0.29, 0.717) is 13.0 Å². The van der Waals surface area contributed by atoms with Crippen molar-refractivity contribution in [2.24, 2.45) is 5.73 Å². The highest BCUT2D eigenvalue weighted by Gasteiger charge is 2.28. The third-order valence-corrected chi connectivity index (χ3v) is 2.54. The summed E-state index contributed by atoms with van der Waals surface area (Å²) in [6.07, 6.45) is 5.11. The van der Waals surface area contributed by atoms with E-state index in [9.17, 15) is 4.79 Å². The number of nitrogens with two attached hydrogens (primary N) is 1. The van der Waals surface area contributed by atoms with Gasteiger partial charge in [-0.1, -0.05) is 6.92 Å². The Kier molecular flexibility index (Phi) is 2.73. The van der Waals surface area contributed by atoms with Crippen LogP contribution in [-0.4, -0.2) is 28.3 Å². The second kappa shape index (κ2) is 4.02. The van der Waals surface area contributed by atoms with E-state index in [2.05, 4.69) is 12.0 Å². The zero-order valence-corrected chi connectivity index (χ0v) is 8.89. The Hall–Kier alpha value is -1.36. The summed E-state index contributed by atoms with van der Waals surface area (Å²) >= 11 is 0. The summed E-state index contributed by atoms with van der Waals surface area (Å²) in [5.41, 5.74) is 6.59. The van der Waals surface area contributed by atoms with E-state index >= 15 is 0 Å². The van der Waals surface area contributed by atoms with Crippen LogP contribution in [0.3, 0.4) is 0 Å². The minimum atomic E-state index is -0.0352. The summed E-state index contributed by atoms with van der Waals surface area (Å²) in [5.74, 6) is 0.0959. The fourth-order valence-electron chi connectivity index (χ4n) is 1.83. The molecule has 1 unspecified atom stereocenters. The molecule has 1 aliphatic rings. The Bertz CT molecular complexity index is 360. The van der Waals surface area contributed by atoms with Crippen LogP contribution >= 0.6 is 0 Å². The van der Waals surface area contributed by atoms with E-state index in [4.69, 9.17) is 5.73 Å². The van der Waals surface area contributed by atoms with Gasteiger partial charge in [0.25, 0.3) is 0 Å². The van der Waals surface area contributed by atoms with Gasteiger partial charge in [-0.3, -0.25) is 9.48 Å². The quantitative estimate of drug-likeness (QED) is 0.780. The molecular formula is C10H16N4O. The second-order valence-electron chi connectivity index (χ2n) is 3.93. The largest absolute Gasteiger partial charge is 0.326 e. The predicted molar refractivity (Wildman–Crippen MR) is 57.5 cm³/mol. The molecule has 5 nitrogen and oxygen atoms in total. The van der Waals surface area contributed by atoms with Crippen molar-refractivity contribution in [3.05, 3.63) is 12.4 Å². The molecule has 82 valence electrons. The molecule has 1 atom stereocenters. The van der Waals surface area contributed by atoms with Gasteiger partial charge >= 0.3 is 0 Å². The van der Waals surface area contributed by atoms with Crippen molar-refractivity contribution >= 4 is 11.6 Å². The lowest BCUT2D eigenvalue weighted by atomic mass is 10.3. The number of nitrogens with zero attached hydrogens (tertiary/aromatic N) is 3. The van der Waals surface area contributed by atoms with Crippen LogP contribution in [0.1, 0.15) is 19.8 Å². The van der Waals surface area contributed by atoms with Gasteiger partial charge in [0.15, 0.2) is 0 Å². The smallest absolute Gasteiger partial charge is 0.228 e. The lowest BCUT2D eigenvalue weighted by Crippen LogP contribution is -2.27. The minimum absolute atomic E-state index is 0.0352. The van der Waals surface area contributed by atoms with Gasteiger partial charge in [0, 0.05) is 31.7 Å². The Balaban J connectivity index is 2.12. The van der Waals surface area contributed by atoms with Gasteiger partial charge in [0.1, 0.15) is 0 Å². The molecule has 0 bridgehead atoms.